The highest BCUT2D eigenvalue weighted by Crippen LogP contribution is 2.32. The van der Waals surface area contributed by atoms with Gasteiger partial charge in [0.1, 0.15) is 5.01 Å². The lowest BCUT2D eigenvalue weighted by molar-refractivity contribution is 0.0695. The molecular weight excluding hydrogens is 220 g/mol. The van der Waals surface area contributed by atoms with Gasteiger partial charge in [-0.15, -0.1) is 10.2 Å². The largest absolute Gasteiger partial charge is 0.476 e. The Morgan fingerprint density at radius 3 is 2.64 bits per heavy atom. The van der Waals surface area contributed by atoms with Crippen LogP contribution in [0.3, 0.4) is 0 Å². The number of aromatic carboxylic acids is 1. The van der Waals surface area contributed by atoms with Crippen LogP contribution in [0.4, 0.5) is 0 Å². The minimum absolute atomic E-state index is 0.109. The third kappa shape index (κ3) is 2.06. The third-order valence-electron chi connectivity index (χ3n) is 2.19. The first kappa shape index (κ1) is 9.92. The van der Waals surface area contributed by atoms with Gasteiger partial charge in [0, 0.05) is 5.92 Å². The summed E-state index contributed by atoms with van der Waals surface area (Å²) in [6.07, 6.45) is 2.19. The summed E-state index contributed by atoms with van der Waals surface area (Å²) in [5.74, 6) is 1.75. The van der Waals surface area contributed by atoms with E-state index in [1.165, 1.54) is 11.3 Å². The van der Waals surface area contributed by atoms with Gasteiger partial charge in [-0.25, -0.2) is 4.79 Å². The molecule has 0 aromatic carbocycles. The molecule has 0 bridgehead atoms. The van der Waals surface area contributed by atoms with Gasteiger partial charge in [-0.05, 0) is 24.3 Å². The zero-order valence-electron chi connectivity index (χ0n) is 7.47. The minimum atomic E-state index is -0.973. The van der Waals surface area contributed by atoms with Gasteiger partial charge in [-0.3, -0.25) is 0 Å². The first-order valence-electron chi connectivity index (χ1n) is 4.42. The van der Waals surface area contributed by atoms with Crippen LogP contribution < -0.4 is 0 Å². The molecular formula is C8H10N2O2S2. The summed E-state index contributed by atoms with van der Waals surface area (Å²) in [4.78, 5) is 10.6. The van der Waals surface area contributed by atoms with Crippen molar-refractivity contribution in [1.29, 1.82) is 0 Å². The average molecular weight is 230 g/mol. The smallest absolute Gasteiger partial charge is 0.367 e. The number of thioether (sulfide) groups is 1. The van der Waals surface area contributed by atoms with Gasteiger partial charge in [0.25, 0.3) is 0 Å². The lowest BCUT2D eigenvalue weighted by atomic mass is 10.0. The van der Waals surface area contributed by atoms with Gasteiger partial charge in [0.05, 0.1) is 0 Å². The van der Waals surface area contributed by atoms with Crippen LogP contribution in [-0.2, 0) is 0 Å². The molecule has 0 saturated carbocycles. The Balaban J connectivity index is 2.11. The maximum Gasteiger partial charge on any atom is 0.367 e. The number of hydrogen-bond acceptors (Lipinski definition) is 5. The predicted octanol–water partition coefficient (Wildman–Crippen LogP) is 1.85. The highest BCUT2D eigenvalue weighted by Gasteiger charge is 2.21. The number of rotatable bonds is 2. The molecule has 1 N–H and O–H groups in total. The molecule has 1 aromatic rings. The summed E-state index contributed by atoms with van der Waals surface area (Å²) in [5, 5.41) is 17.3. The van der Waals surface area contributed by atoms with Crippen molar-refractivity contribution in [2.24, 2.45) is 0 Å². The average Bonchev–Trinajstić information content (AvgIpc) is 2.68. The van der Waals surface area contributed by atoms with Crippen LogP contribution in [0.1, 0.15) is 33.6 Å². The summed E-state index contributed by atoms with van der Waals surface area (Å²) in [6.45, 7) is 0. The second-order valence-corrected chi connectivity index (χ2v) is 5.37. The van der Waals surface area contributed by atoms with Crippen molar-refractivity contribution in [2.45, 2.75) is 18.8 Å². The van der Waals surface area contributed by atoms with E-state index in [-0.39, 0.29) is 5.01 Å². The molecule has 4 nitrogen and oxygen atoms in total. The number of carbonyl (C=O) groups is 1. The van der Waals surface area contributed by atoms with Crippen molar-refractivity contribution >= 4 is 29.1 Å². The zero-order chi connectivity index (χ0) is 9.97. The van der Waals surface area contributed by atoms with Gasteiger partial charge in [0.15, 0.2) is 0 Å². The number of carboxylic acid groups (broad SMARTS) is 1. The molecule has 0 atom stereocenters. The number of nitrogens with zero attached hydrogens (tertiary/aromatic N) is 2. The van der Waals surface area contributed by atoms with Crippen LogP contribution in [0.25, 0.3) is 0 Å². The first-order chi connectivity index (χ1) is 6.77. The van der Waals surface area contributed by atoms with Crippen LogP contribution in [0.2, 0.25) is 0 Å². The molecule has 2 heterocycles. The van der Waals surface area contributed by atoms with E-state index in [2.05, 4.69) is 10.2 Å². The van der Waals surface area contributed by atoms with E-state index in [0.29, 0.717) is 5.92 Å². The summed E-state index contributed by atoms with van der Waals surface area (Å²) in [7, 11) is 0. The molecule has 1 aliphatic heterocycles. The van der Waals surface area contributed by atoms with Gasteiger partial charge in [-0.1, -0.05) is 11.3 Å². The van der Waals surface area contributed by atoms with E-state index in [1.807, 2.05) is 11.8 Å². The Bertz CT molecular complexity index is 334. The Morgan fingerprint density at radius 2 is 2.07 bits per heavy atom. The van der Waals surface area contributed by atoms with E-state index in [1.54, 1.807) is 0 Å². The molecule has 0 radical (unpaired) electrons. The third-order valence-corrected chi connectivity index (χ3v) is 4.32. The summed E-state index contributed by atoms with van der Waals surface area (Å²) in [5.41, 5.74) is 0. The Morgan fingerprint density at radius 1 is 1.36 bits per heavy atom. The van der Waals surface area contributed by atoms with Gasteiger partial charge >= 0.3 is 5.97 Å². The van der Waals surface area contributed by atoms with Crippen molar-refractivity contribution in [2.75, 3.05) is 11.5 Å². The molecule has 1 fully saturated rings. The first-order valence-corrected chi connectivity index (χ1v) is 6.39. The van der Waals surface area contributed by atoms with Gasteiger partial charge < -0.3 is 5.11 Å². The molecule has 1 saturated heterocycles. The van der Waals surface area contributed by atoms with E-state index in [0.717, 1.165) is 29.4 Å². The molecule has 76 valence electrons. The highest BCUT2D eigenvalue weighted by atomic mass is 32.2. The van der Waals surface area contributed by atoms with E-state index in [4.69, 9.17) is 5.11 Å². The molecule has 0 spiro atoms. The maximum absolute atomic E-state index is 10.6. The number of hydrogen-bond donors (Lipinski definition) is 1. The second kappa shape index (κ2) is 4.27. The Hall–Kier alpha value is -0.620. The topological polar surface area (TPSA) is 63.1 Å². The van der Waals surface area contributed by atoms with Crippen LogP contribution in [0, 0.1) is 0 Å². The normalized spacial score (nSPS) is 18.3. The van der Waals surface area contributed by atoms with Crippen LogP contribution in [-0.4, -0.2) is 32.8 Å². The van der Waals surface area contributed by atoms with Crippen molar-refractivity contribution in [3.63, 3.8) is 0 Å². The van der Waals surface area contributed by atoms with E-state index < -0.39 is 5.97 Å². The van der Waals surface area contributed by atoms with Crippen molar-refractivity contribution in [1.82, 2.24) is 10.2 Å². The van der Waals surface area contributed by atoms with Crippen LogP contribution in [0.15, 0.2) is 0 Å². The van der Waals surface area contributed by atoms with Gasteiger partial charge in [-0.2, -0.15) is 11.8 Å². The van der Waals surface area contributed by atoms with E-state index in [9.17, 15) is 4.79 Å². The lowest BCUT2D eigenvalue weighted by Crippen LogP contribution is -2.07. The fourth-order valence-electron chi connectivity index (χ4n) is 1.43. The standard InChI is InChI=1S/C8H10N2O2S2/c11-8(12)7-10-9-6(14-7)5-1-3-13-4-2-5/h5H,1-4H2,(H,11,12). The summed E-state index contributed by atoms with van der Waals surface area (Å²) >= 11 is 3.16. The quantitative estimate of drug-likeness (QED) is 0.840. The molecule has 2 rings (SSSR count). The maximum atomic E-state index is 10.6. The monoisotopic (exact) mass is 230 g/mol. The number of carboxylic acids is 1. The second-order valence-electron chi connectivity index (χ2n) is 3.14. The van der Waals surface area contributed by atoms with Crippen molar-refractivity contribution < 1.29 is 9.90 Å². The molecule has 14 heavy (non-hydrogen) atoms. The fraction of sp³-hybridized carbons (Fsp3) is 0.625. The predicted molar refractivity (Wildman–Crippen MR) is 56.2 cm³/mol. The molecule has 0 aliphatic carbocycles. The fourth-order valence-corrected chi connectivity index (χ4v) is 3.39. The van der Waals surface area contributed by atoms with Crippen molar-refractivity contribution in [3.05, 3.63) is 10.0 Å². The van der Waals surface area contributed by atoms with E-state index >= 15 is 0 Å². The summed E-state index contributed by atoms with van der Waals surface area (Å²) in [6, 6.07) is 0. The Labute approximate surface area is 89.7 Å². The zero-order valence-corrected chi connectivity index (χ0v) is 9.11. The molecule has 0 amide bonds. The van der Waals surface area contributed by atoms with Gasteiger partial charge in [0.2, 0.25) is 5.01 Å². The molecule has 1 aliphatic rings. The highest BCUT2D eigenvalue weighted by molar-refractivity contribution is 7.99. The SMILES string of the molecule is O=C(O)c1nnc(C2CCSCC2)s1. The summed E-state index contributed by atoms with van der Waals surface area (Å²) < 4.78 is 0. The number of aromatic nitrogens is 2. The molecule has 0 unspecified atom stereocenters. The van der Waals surface area contributed by atoms with Crippen LogP contribution in [0.5, 0.6) is 0 Å². The minimum Gasteiger partial charge on any atom is -0.476 e. The Kier molecular flexibility index (Phi) is 3.02. The molecule has 1 aromatic heterocycles. The van der Waals surface area contributed by atoms with Crippen molar-refractivity contribution in [3.8, 4) is 0 Å². The molecule has 6 heteroatoms. The lowest BCUT2D eigenvalue weighted by Gasteiger charge is -2.17. The van der Waals surface area contributed by atoms with Crippen LogP contribution >= 0.6 is 23.1 Å².